The highest BCUT2D eigenvalue weighted by Gasteiger charge is 2.25. The van der Waals surface area contributed by atoms with E-state index in [0.29, 0.717) is 12.2 Å². The molecule has 1 aromatic rings. The monoisotopic (exact) mass is 147 g/mol. The van der Waals surface area contributed by atoms with Crippen molar-refractivity contribution in [3.8, 4) is 0 Å². The zero-order valence-corrected chi connectivity index (χ0v) is 6.37. The number of hydrogen-bond acceptors (Lipinski definition) is 2. The van der Waals surface area contributed by atoms with Gasteiger partial charge in [-0.05, 0) is 17.2 Å². The van der Waals surface area contributed by atoms with Crippen LogP contribution in [0.2, 0.25) is 0 Å². The molecule has 1 aromatic heterocycles. The first-order valence-electron chi connectivity index (χ1n) is 3.74. The van der Waals surface area contributed by atoms with Gasteiger partial charge in [-0.3, -0.25) is 9.78 Å². The van der Waals surface area contributed by atoms with Crippen LogP contribution in [0.4, 0.5) is 0 Å². The SMILES string of the molecule is CC1C(=O)Cc2ccncc21. The average Bonchev–Trinajstić information content (AvgIpc) is 2.30. The van der Waals surface area contributed by atoms with Gasteiger partial charge in [0.15, 0.2) is 0 Å². The van der Waals surface area contributed by atoms with Crippen molar-refractivity contribution in [2.45, 2.75) is 19.3 Å². The largest absolute Gasteiger partial charge is 0.299 e. The number of carbonyl (C=O) groups excluding carboxylic acids is 1. The smallest absolute Gasteiger partial charge is 0.144 e. The lowest BCUT2D eigenvalue weighted by Gasteiger charge is -1.99. The van der Waals surface area contributed by atoms with Crippen molar-refractivity contribution in [1.82, 2.24) is 4.98 Å². The quantitative estimate of drug-likeness (QED) is 0.553. The number of pyridine rings is 1. The molecular formula is C9H9NO. The number of carbonyl (C=O) groups is 1. The van der Waals surface area contributed by atoms with E-state index in [9.17, 15) is 4.79 Å². The fraction of sp³-hybridized carbons (Fsp3) is 0.333. The predicted molar refractivity (Wildman–Crippen MR) is 41.4 cm³/mol. The standard InChI is InChI=1S/C9H9NO/c1-6-8-5-10-3-2-7(8)4-9(6)11/h2-3,5-6H,4H2,1H3. The lowest BCUT2D eigenvalue weighted by Crippen LogP contribution is -2.00. The van der Waals surface area contributed by atoms with E-state index in [0.717, 1.165) is 11.1 Å². The van der Waals surface area contributed by atoms with Crippen LogP contribution in [0.15, 0.2) is 18.5 Å². The van der Waals surface area contributed by atoms with Crippen LogP contribution in [0.1, 0.15) is 24.0 Å². The Hall–Kier alpha value is -1.18. The summed E-state index contributed by atoms with van der Waals surface area (Å²) in [6.45, 7) is 1.94. The van der Waals surface area contributed by atoms with Crippen molar-refractivity contribution in [3.05, 3.63) is 29.6 Å². The Morgan fingerprint density at radius 1 is 1.64 bits per heavy atom. The van der Waals surface area contributed by atoms with Gasteiger partial charge in [-0.2, -0.15) is 0 Å². The predicted octanol–water partition coefficient (Wildman–Crippen LogP) is 1.31. The maximum absolute atomic E-state index is 11.2. The van der Waals surface area contributed by atoms with Crippen LogP contribution in [-0.2, 0) is 11.2 Å². The van der Waals surface area contributed by atoms with Crippen LogP contribution in [0.5, 0.6) is 0 Å². The van der Waals surface area contributed by atoms with E-state index in [1.165, 1.54) is 0 Å². The lowest BCUT2D eigenvalue weighted by molar-refractivity contribution is -0.118. The summed E-state index contributed by atoms with van der Waals surface area (Å²) < 4.78 is 0. The van der Waals surface area contributed by atoms with Crippen LogP contribution in [0, 0.1) is 0 Å². The topological polar surface area (TPSA) is 30.0 Å². The molecule has 11 heavy (non-hydrogen) atoms. The van der Waals surface area contributed by atoms with Crippen LogP contribution in [-0.4, -0.2) is 10.8 Å². The van der Waals surface area contributed by atoms with Crippen molar-refractivity contribution in [3.63, 3.8) is 0 Å². The third-order valence-electron chi connectivity index (χ3n) is 2.26. The molecule has 1 unspecified atom stereocenters. The molecule has 1 aliphatic carbocycles. The molecule has 0 bridgehead atoms. The van der Waals surface area contributed by atoms with E-state index < -0.39 is 0 Å². The van der Waals surface area contributed by atoms with Gasteiger partial charge < -0.3 is 0 Å². The maximum Gasteiger partial charge on any atom is 0.144 e. The normalized spacial score (nSPS) is 21.9. The summed E-state index contributed by atoms with van der Waals surface area (Å²) in [6, 6.07) is 1.93. The molecule has 0 aliphatic heterocycles. The van der Waals surface area contributed by atoms with Gasteiger partial charge in [0.1, 0.15) is 5.78 Å². The van der Waals surface area contributed by atoms with Gasteiger partial charge in [0.25, 0.3) is 0 Å². The minimum Gasteiger partial charge on any atom is -0.299 e. The second kappa shape index (κ2) is 2.16. The van der Waals surface area contributed by atoms with Crippen molar-refractivity contribution in [2.75, 3.05) is 0 Å². The van der Waals surface area contributed by atoms with E-state index in [2.05, 4.69) is 4.98 Å². The summed E-state index contributed by atoms with van der Waals surface area (Å²) in [5, 5.41) is 0. The highest BCUT2D eigenvalue weighted by Crippen LogP contribution is 2.28. The third kappa shape index (κ3) is 0.862. The number of Topliss-reactive ketones (excluding diaryl/α,β-unsaturated/α-hetero) is 1. The minimum absolute atomic E-state index is 0.0682. The molecular weight excluding hydrogens is 138 g/mol. The number of rotatable bonds is 0. The van der Waals surface area contributed by atoms with E-state index in [1.807, 2.05) is 13.0 Å². The van der Waals surface area contributed by atoms with E-state index in [1.54, 1.807) is 12.4 Å². The van der Waals surface area contributed by atoms with Crippen molar-refractivity contribution >= 4 is 5.78 Å². The highest BCUT2D eigenvalue weighted by molar-refractivity contribution is 5.91. The number of nitrogens with zero attached hydrogens (tertiary/aromatic N) is 1. The molecule has 0 fully saturated rings. The van der Waals surface area contributed by atoms with Crippen molar-refractivity contribution < 1.29 is 4.79 Å². The summed E-state index contributed by atoms with van der Waals surface area (Å²) in [5.41, 5.74) is 2.26. The first kappa shape index (κ1) is 6.53. The maximum atomic E-state index is 11.2. The van der Waals surface area contributed by atoms with Gasteiger partial charge in [0, 0.05) is 24.7 Å². The Bertz CT molecular complexity index is 306. The van der Waals surface area contributed by atoms with Crippen LogP contribution < -0.4 is 0 Å². The van der Waals surface area contributed by atoms with Crippen molar-refractivity contribution in [2.24, 2.45) is 0 Å². The Morgan fingerprint density at radius 3 is 3.18 bits per heavy atom. The fourth-order valence-corrected chi connectivity index (χ4v) is 1.50. The molecule has 1 atom stereocenters. The number of ketones is 1. The lowest BCUT2D eigenvalue weighted by atomic mass is 10.1. The van der Waals surface area contributed by atoms with Crippen molar-refractivity contribution in [1.29, 1.82) is 0 Å². The third-order valence-corrected chi connectivity index (χ3v) is 2.26. The number of aromatic nitrogens is 1. The molecule has 1 heterocycles. The van der Waals surface area contributed by atoms with E-state index in [-0.39, 0.29) is 5.92 Å². The molecule has 0 saturated carbocycles. The molecule has 0 N–H and O–H groups in total. The second-order valence-corrected chi connectivity index (χ2v) is 2.94. The van der Waals surface area contributed by atoms with Gasteiger partial charge in [-0.25, -0.2) is 0 Å². The second-order valence-electron chi connectivity index (χ2n) is 2.94. The zero-order valence-electron chi connectivity index (χ0n) is 6.37. The Balaban J connectivity index is 2.55. The van der Waals surface area contributed by atoms with E-state index >= 15 is 0 Å². The molecule has 0 aromatic carbocycles. The van der Waals surface area contributed by atoms with Gasteiger partial charge in [-0.15, -0.1) is 0 Å². The molecule has 2 nitrogen and oxygen atoms in total. The van der Waals surface area contributed by atoms with Gasteiger partial charge in [0.2, 0.25) is 0 Å². The summed E-state index contributed by atoms with van der Waals surface area (Å²) in [4.78, 5) is 15.2. The molecule has 56 valence electrons. The number of hydrogen-bond donors (Lipinski definition) is 0. The van der Waals surface area contributed by atoms with Gasteiger partial charge >= 0.3 is 0 Å². The fourth-order valence-electron chi connectivity index (χ4n) is 1.50. The molecule has 0 amide bonds. The first-order chi connectivity index (χ1) is 5.29. The Kier molecular flexibility index (Phi) is 1.28. The van der Waals surface area contributed by atoms with Crippen LogP contribution >= 0.6 is 0 Å². The molecule has 0 spiro atoms. The first-order valence-corrected chi connectivity index (χ1v) is 3.74. The number of fused-ring (bicyclic) bond motifs is 1. The Labute approximate surface area is 65.3 Å². The van der Waals surface area contributed by atoms with Crippen LogP contribution in [0.25, 0.3) is 0 Å². The molecule has 0 radical (unpaired) electrons. The summed E-state index contributed by atoms with van der Waals surface area (Å²) >= 11 is 0. The molecule has 1 aliphatic rings. The van der Waals surface area contributed by atoms with Gasteiger partial charge in [0.05, 0.1) is 0 Å². The Morgan fingerprint density at radius 2 is 2.45 bits per heavy atom. The minimum atomic E-state index is 0.0682. The highest BCUT2D eigenvalue weighted by atomic mass is 16.1. The summed E-state index contributed by atoms with van der Waals surface area (Å²) in [5.74, 6) is 0.381. The molecule has 2 rings (SSSR count). The average molecular weight is 147 g/mol. The molecule has 2 heteroatoms. The summed E-state index contributed by atoms with van der Waals surface area (Å²) in [6.07, 6.45) is 4.13. The van der Waals surface area contributed by atoms with Gasteiger partial charge in [-0.1, -0.05) is 6.92 Å². The summed E-state index contributed by atoms with van der Waals surface area (Å²) in [7, 11) is 0. The molecule has 0 saturated heterocycles. The van der Waals surface area contributed by atoms with Crippen LogP contribution in [0.3, 0.4) is 0 Å². The van der Waals surface area contributed by atoms with E-state index in [4.69, 9.17) is 0 Å². The zero-order chi connectivity index (χ0) is 7.84.